The predicted molar refractivity (Wildman–Crippen MR) is 87.4 cm³/mol. The predicted octanol–water partition coefficient (Wildman–Crippen LogP) is 3.12. The summed E-state index contributed by atoms with van der Waals surface area (Å²) in [6.45, 7) is 0.645. The summed E-state index contributed by atoms with van der Waals surface area (Å²) >= 11 is 1.66. The third-order valence-electron chi connectivity index (χ3n) is 3.64. The Morgan fingerprint density at radius 3 is 2.52 bits per heavy atom. The molecular formula is C15H22ClFN2OS. The summed E-state index contributed by atoms with van der Waals surface area (Å²) in [4.78, 5) is 13.0. The number of carbonyl (C=O) groups excluding carboxylic acids is 1. The molecule has 0 spiro atoms. The van der Waals surface area contributed by atoms with Crippen molar-refractivity contribution in [3.05, 3.63) is 30.1 Å². The molecule has 0 aliphatic heterocycles. The van der Waals surface area contributed by atoms with Gasteiger partial charge in [0.2, 0.25) is 5.91 Å². The normalized spacial score (nSPS) is 16.3. The molecule has 1 aliphatic carbocycles. The molecule has 0 unspecified atom stereocenters. The molecule has 21 heavy (non-hydrogen) atoms. The molecule has 0 atom stereocenters. The van der Waals surface area contributed by atoms with Crippen molar-refractivity contribution in [2.45, 2.75) is 42.5 Å². The Morgan fingerprint density at radius 1 is 1.29 bits per heavy atom. The number of hydrogen-bond acceptors (Lipinski definition) is 3. The number of nitrogens with one attached hydrogen (secondary N) is 1. The van der Waals surface area contributed by atoms with Crippen molar-refractivity contribution < 1.29 is 9.18 Å². The maximum Gasteiger partial charge on any atom is 0.240 e. The molecule has 6 heteroatoms. The van der Waals surface area contributed by atoms with E-state index in [0.717, 1.165) is 42.8 Å². The summed E-state index contributed by atoms with van der Waals surface area (Å²) in [5.74, 6) is 0.664. The van der Waals surface area contributed by atoms with E-state index in [4.69, 9.17) is 5.73 Å². The average Bonchev–Trinajstić information content (AvgIpc) is 2.88. The van der Waals surface area contributed by atoms with Crippen LogP contribution in [0.25, 0.3) is 0 Å². The number of thioether (sulfide) groups is 1. The number of amides is 1. The van der Waals surface area contributed by atoms with E-state index in [2.05, 4.69) is 5.32 Å². The summed E-state index contributed by atoms with van der Waals surface area (Å²) in [6, 6.07) is 6.46. The van der Waals surface area contributed by atoms with Gasteiger partial charge < -0.3 is 11.1 Å². The lowest BCUT2D eigenvalue weighted by Gasteiger charge is -2.22. The molecule has 2 rings (SSSR count). The monoisotopic (exact) mass is 332 g/mol. The second kappa shape index (κ2) is 8.61. The van der Waals surface area contributed by atoms with E-state index >= 15 is 0 Å². The Hall–Kier alpha value is -0.780. The van der Waals surface area contributed by atoms with Gasteiger partial charge in [0.05, 0.1) is 5.54 Å². The summed E-state index contributed by atoms with van der Waals surface area (Å²) < 4.78 is 12.7. The number of rotatable bonds is 6. The van der Waals surface area contributed by atoms with Crippen LogP contribution in [0, 0.1) is 5.82 Å². The first kappa shape index (κ1) is 18.3. The van der Waals surface area contributed by atoms with Crippen LogP contribution in [-0.2, 0) is 4.79 Å². The Morgan fingerprint density at radius 2 is 1.90 bits per heavy atom. The zero-order valence-corrected chi connectivity index (χ0v) is 13.6. The van der Waals surface area contributed by atoms with E-state index in [-0.39, 0.29) is 24.1 Å². The van der Waals surface area contributed by atoms with Crippen LogP contribution in [0.5, 0.6) is 0 Å². The van der Waals surface area contributed by atoms with Crippen LogP contribution in [0.4, 0.5) is 4.39 Å². The third-order valence-corrected chi connectivity index (χ3v) is 4.74. The largest absolute Gasteiger partial charge is 0.354 e. The first-order chi connectivity index (χ1) is 9.60. The van der Waals surface area contributed by atoms with Crippen LogP contribution < -0.4 is 11.1 Å². The second-order valence-corrected chi connectivity index (χ2v) is 6.44. The van der Waals surface area contributed by atoms with Gasteiger partial charge in [-0.05, 0) is 49.3 Å². The summed E-state index contributed by atoms with van der Waals surface area (Å²) in [7, 11) is 0. The van der Waals surface area contributed by atoms with Crippen LogP contribution >= 0.6 is 24.2 Å². The van der Waals surface area contributed by atoms with Gasteiger partial charge in [-0.2, -0.15) is 0 Å². The zero-order valence-electron chi connectivity index (χ0n) is 11.9. The lowest BCUT2D eigenvalue weighted by molar-refractivity contribution is -0.126. The molecule has 1 fully saturated rings. The standard InChI is InChI=1S/C15H21FN2OS.ClH/c16-12-4-6-13(7-5-12)20-11-3-10-18-14(19)15(17)8-1-2-9-15;/h4-7H,1-3,8-11,17H2,(H,18,19);1H. The van der Waals surface area contributed by atoms with Gasteiger partial charge in [-0.1, -0.05) is 12.8 Å². The molecule has 1 aromatic carbocycles. The molecule has 0 radical (unpaired) electrons. The van der Waals surface area contributed by atoms with Gasteiger partial charge in [-0.3, -0.25) is 4.79 Å². The molecule has 3 N–H and O–H groups in total. The van der Waals surface area contributed by atoms with Gasteiger partial charge in [0.25, 0.3) is 0 Å². The van der Waals surface area contributed by atoms with E-state index in [1.165, 1.54) is 12.1 Å². The molecule has 1 amide bonds. The molecule has 1 aromatic rings. The maximum absolute atomic E-state index is 12.7. The van der Waals surface area contributed by atoms with Crippen molar-refractivity contribution in [1.82, 2.24) is 5.32 Å². The first-order valence-electron chi connectivity index (χ1n) is 7.06. The average molecular weight is 333 g/mol. The minimum Gasteiger partial charge on any atom is -0.354 e. The van der Waals surface area contributed by atoms with Crippen LogP contribution in [0.15, 0.2) is 29.2 Å². The molecule has 3 nitrogen and oxygen atoms in total. The Kier molecular flexibility index (Phi) is 7.49. The van der Waals surface area contributed by atoms with E-state index in [1.807, 2.05) is 0 Å². The van der Waals surface area contributed by atoms with Crippen molar-refractivity contribution in [3.8, 4) is 0 Å². The molecule has 0 saturated heterocycles. The fraction of sp³-hybridized carbons (Fsp3) is 0.533. The maximum atomic E-state index is 12.7. The lowest BCUT2D eigenvalue weighted by Crippen LogP contribution is -2.52. The van der Waals surface area contributed by atoms with Gasteiger partial charge >= 0.3 is 0 Å². The van der Waals surface area contributed by atoms with Gasteiger partial charge in [-0.15, -0.1) is 24.2 Å². The molecule has 1 aliphatic rings. The zero-order chi connectivity index (χ0) is 14.4. The Balaban J connectivity index is 0.00000220. The minimum absolute atomic E-state index is 0. The Bertz CT molecular complexity index is 449. The molecule has 0 heterocycles. The van der Waals surface area contributed by atoms with Crippen LogP contribution in [0.3, 0.4) is 0 Å². The molecule has 118 valence electrons. The van der Waals surface area contributed by atoms with E-state index in [9.17, 15) is 9.18 Å². The fourth-order valence-corrected chi connectivity index (χ4v) is 3.26. The molecular weight excluding hydrogens is 311 g/mol. The highest BCUT2D eigenvalue weighted by Crippen LogP contribution is 2.27. The SMILES string of the molecule is Cl.NC1(C(=O)NCCCSc2ccc(F)cc2)CCCC1. The van der Waals surface area contributed by atoms with Gasteiger partial charge in [0.1, 0.15) is 5.82 Å². The number of carbonyl (C=O) groups is 1. The molecule has 0 aromatic heterocycles. The highest BCUT2D eigenvalue weighted by atomic mass is 35.5. The van der Waals surface area contributed by atoms with Crippen LogP contribution in [0.2, 0.25) is 0 Å². The van der Waals surface area contributed by atoms with Gasteiger partial charge in [0.15, 0.2) is 0 Å². The molecule has 0 bridgehead atoms. The van der Waals surface area contributed by atoms with E-state index < -0.39 is 5.54 Å². The Labute approximate surface area is 135 Å². The number of nitrogens with two attached hydrogens (primary N) is 1. The van der Waals surface area contributed by atoms with Crippen LogP contribution in [-0.4, -0.2) is 23.7 Å². The third kappa shape index (κ3) is 5.49. The second-order valence-electron chi connectivity index (χ2n) is 5.28. The van der Waals surface area contributed by atoms with Crippen LogP contribution in [0.1, 0.15) is 32.1 Å². The van der Waals surface area contributed by atoms with Crippen molar-refractivity contribution in [3.63, 3.8) is 0 Å². The number of hydrogen-bond donors (Lipinski definition) is 2. The summed E-state index contributed by atoms with van der Waals surface area (Å²) in [6.07, 6.45) is 4.56. The van der Waals surface area contributed by atoms with Gasteiger partial charge in [-0.25, -0.2) is 4.39 Å². The number of benzene rings is 1. The van der Waals surface area contributed by atoms with Gasteiger partial charge in [0, 0.05) is 11.4 Å². The fourth-order valence-electron chi connectivity index (χ4n) is 2.40. The first-order valence-corrected chi connectivity index (χ1v) is 8.04. The van der Waals surface area contributed by atoms with Crippen molar-refractivity contribution >= 4 is 30.1 Å². The van der Waals surface area contributed by atoms with E-state index in [1.54, 1.807) is 23.9 Å². The molecule has 1 saturated carbocycles. The highest BCUT2D eigenvalue weighted by Gasteiger charge is 2.36. The summed E-state index contributed by atoms with van der Waals surface area (Å²) in [5, 5.41) is 2.92. The quantitative estimate of drug-likeness (QED) is 0.621. The number of halogens is 2. The van der Waals surface area contributed by atoms with Crippen molar-refractivity contribution in [1.29, 1.82) is 0 Å². The highest BCUT2D eigenvalue weighted by molar-refractivity contribution is 7.99. The topological polar surface area (TPSA) is 55.1 Å². The van der Waals surface area contributed by atoms with E-state index in [0.29, 0.717) is 6.54 Å². The minimum atomic E-state index is -0.635. The smallest absolute Gasteiger partial charge is 0.240 e. The lowest BCUT2D eigenvalue weighted by atomic mass is 9.98. The van der Waals surface area contributed by atoms with Crippen molar-refractivity contribution in [2.24, 2.45) is 5.73 Å². The summed E-state index contributed by atoms with van der Waals surface area (Å²) in [5.41, 5.74) is 5.43. The van der Waals surface area contributed by atoms with Crippen molar-refractivity contribution in [2.75, 3.05) is 12.3 Å².